The number of rotatable bonds is 9. The van der Waals surface area contributed by atoms with Crippen molar-refractivity contribution < 1.29 is 37.0 Å². The Hall–Kier alpha value is -3.56. The molecule has 0 radical (unpaired) electrons. The highest BCUT2D eigenvalue weighted by Gasteiger charge is 2.30. The zero-order valence-corrected chi connectivity index (χ0v) is 19.9. The molecular weight excluding hydrogens is 477 g/mol. The van der Waals surface area contributed by atoms with E-state index < -0.39 is 17.6 Å². The summed E-state index contributed by atoms with van der Waals surface area (Å²) in [6, 6.07) is 10.6. The number of alkyl halides is 3. The highest BCUT2D eigenvalue weighted by Crippen LogP contribution is 2.30. The van der Waals surface area contributed by atoms with Gasteiger partial charge in [-0.15, -0.1) is 0 Å². The van der Waals surface area contributed by atoms with Crippen LogP contribution in [0.3, 0.4) is 0 Å². The summed E-state index contributed by atoms with van der Waals surface area (Å²) in [5, 5.41) is 5.23. The number of esters is 1. The Balaban J connectivity index is 1.37. The van der Waals surface area contributed by atoms with Crippen LogP contribution in [0, 0.1) is 5.92 Å². The van der Waals surface area contributed by atoms with Gasteiger partial charge in [0.2, 0.25) is 0 Å². The standard InChI is InChI=1S/C26H29F3N2O5/c1-2-35-25(34)19-7-13-22(14-8-19)36-21-11-5-18(6-12-21)24(33)31-16-15-30-23(32)17-3-9-20(10-4-17)26(27,28)29/h3-6,9-12,19,22H,2,7-8,13-16H2,1H3,(H,30,32)(H,31,33)/t19-,22+. The number of carbonyl (C=O) groups is 3. The summed E-state index contributed by atoms with van der Waals surface area (Å²) < 4.78 is 48.9. The molecule has 2 N–H and O–H groups in total. The average molecular weight is 507 g/mol. The number of nitrogens with one attached hydrogen (secondary N) is 2. The highest BCUT2D eigenvalue weighted by atomic mass is 19.4. The van der Waals surface area contributed by atoms with Crippen LogP contribution in [-0.2, 0) is 15.7 Å². The fourth-order valence-corrected chi connectivity index (χ4v) is 3.92. The summed E-state index contributed by atoms with van der Waals surface area (Å²) in [6.07, 6.45) is -1.51. The van der Waals surface area contributed by atoms with E-state index in [1.54, 1.807) is 31.2 Å². The van der Waals surface area contributed by atoms with Crippen molar-refractivity contribution in [2.24, 2.45) is 5.92 Å². The van der Waals surface area contributed by atoms with Crippen molar-refractivity contribution in [2.45, 2.75) is 44.9 Å². The number of hydrogen-bond acceptors (Lipinski definition) is 5. The van der Waals surface area contributed by atoms with Crippen molar-refractivity contribution in [3.8, 4) is 5.75 Å². The molecule has 0 saturated heterocycles. The van der Waals surface area contributed by atoms with E-state index in [-0.39, 0.29) is 42.6 Å². The third kappa shape index (κ3) is 7.73. The molecule has 1 aliphatic rings. The molecule has 1 aliphatic carbocycles. The number of carbonyl (C=O) groups excluding carboxylic acids is 3. The van der Waals surface area contributed by atoms with Crippen LogP contribution in [0.2, 0.25) is 0 Å². The van der Waals surface area contributed by atoms with Crippen LogP contribution in [0.15, 0.2) is 48.5 Å². The Labute approximate surface area is 207 Å². The SMILES string of the molecule is CCOC(=O)[C@H]1CC[C@@H](Oc2ccc(C(=O)NCCNC(=O)c3ccc(C(F)(F)F)cc3)cc2)CC1. The van der Waals surface area contributed by atoms with Crippen molar-refractivity contribution in [2.75, 3.05) is 19.7 Å². The molecule has 0 spiro atoms. The monoisotopic (exact) mass is 506 g/mol. The van der Waals surface area contributed by atoms with Gasteiger partial charge < -0.3 is 20.1 Å². The van der Waals surface area contributed by atoms with E-state index in [4.69, 9.17) is 9.47 Å². The lowest BCUT2D eigenvalue weighted by atomic mass is 9.87. The lowest BCUT2D eigenvalue weighted by Crippen LogP contribution is -2.34. The fourth-order valence-electron chi connectivity index (χ4n) is 3.92. The Morgan fingerprint density at radius 1 is 0.833 bits per heavy atom. The smallest absolute Gasteiger partial charge is 0.416 e. The first-order valence-corrected chi connectivity index (χ1v) is 11.8. The van der Waals surface area contributed by atoms with Crippen LogP contribution >= 0.6 is 0 Å². The third-order valence-corrected chi connectivity index (χ3v) is 5.88. The van der Waals surface area contributed by atoms with Gasteiger partial charge in [-0.2, -0.15) is 13.2 Å². The van der Waals surface area contributed by atoms with E-state index in [0.717, 1.165) is 49.9 Å². The first kappa shape index (κ1) is 27.0. The lowest BCUT2D eigenvalue weighted by Gasteiger charge is -2.27. The first-order chi connectivity index (χ1) is 17.2. The Morgan fingerprint density at radius 3 is 1.81 bits per heavy atom. The molecule has 2 aromatic rings. The third-order valence-electron chi connectivity index (χ3n) is 5.88. The molecule has 0 aliphatic heterocycles. The molecule has 2 amide bonds. The van der Waals surface area contributed by atoms with Crippen LogP contribution in [0.5, 0.6) is 5.75 Å². The van der Waals surface area contributed by atoms with Crippen LogP contribution in [0.25, 0.3) is 0 Å². The van der Waals surface area contributed by atoms with Crippen molar-refractivity contribution in [3.05, 3.63) is 65.2 Å². The minimum Gasteiger partial charge on any atom is -0.490 e. The van der Waals surface area contributed by atoms with E-state index >= 15 is 0 Å². The molecule has 1 saturated carbocycles. The molecule has 7 nitrogen and oxygen atoms in total. The molecule has 1 fully saturated rings. The van der Waals surface area contributed by atoms with Crippen molar-refractivity contribution in [1.82, 2.24) is 10.6 Å². The summed E-state index contributed by atoms with van der Waals surface area (Å²) in [5.41, 5.74) is -0.314. The Kier molecular flexibility index (Phi) is 9.32. The number of halogens is 3. The zero-order chi connectivity index (χ0) is 26.1. The highest BCUT2D eigenvalue weighted by molar-refractivity contribution is 5.95. The predicted molar refractivity (Wildman–Crippen MR) is 126 cm³/mol. The van der Waals surface area contributed by atoms with Gasteiger partial charge in [0.25, 0.3) is 11.8 Å². The molecule has 0 bridgehead atoms. The average Bonchev–Trinajstić information content (AvgIpc) is 2.87. The Bertz CT molecular complexity index is 1030. The lowest BCUT2D eigenvalue weighted by molar-refractivity contribution is -0.149. The molecule has 2 aromatic carbocycles. The summed E-state index contributed by atoms with van der Waals surface area (Å²) in [7, 11) is 0. The second kappa shape index (κ2) is 12.4. The van der Waals surface area contributed by atoms with Gasteiger partial charge in [-0.05, 0) is 81.1 Å². The molecule has 194 valence electrons. The summed E-state index contributed by atoms with van der Waals surface area (Å²) in [6.45, 7) is 2.43. The fraction of sp³-hybridized carbons (Fsp3) is 0.423. The number of amides is 2. The summed E-state index contributed by atoms with van der Waals surface area (Å²) in [5.74, 6) is -0.452. The maximum absolute atomic E-state index is 12.6. The number of hydrogen-bond donors (Lipinski definition) is 2. The quantitative estimate of drug-likeness (QED) is 0.389. The predicted octanol–water partition coefficient (Wildman–Crippen LogP) is 4.37. The van der Waals surface area contributed by atoms with Crippen LogP contribution in [-0.4, -0.2) is 43.6 Å². The van der Waals surface area contributed by atoms with Crippen LogP contribution < -0.4 is 15.4 Å². The van der Waals surface area contributed by atoms with E-state index in [1.165, 1.54) is 0 Å². The van der Waals surface area contributed by atoms with E-state index in [9.17, 15) is 27.6 Å². The minimum atomic E-state index is -4.46. The molecule has 0 atom stereocenters. The van der Waals surface area contributed by atoms with Crippen molar-refractivity contribution >= 4 is 17.8 Å². The van der Waals surface area contributed by atoms with Gasteiger partial charge >= 0.3 is 12.1 Å². The van der Waals surface area contributed by atoms with Gasteiger partial charge in [-0.1, -0.05) is 0 Å². The minimum absolute atomic E-state index is 0.00336. The molecule has 0 heterocycles. The second-order valence-electron chi connectivity index (χ2n) is 8.45. The van der Waals surface area contributed by atoms with Crippen LogP contribution in [0.1, 0.15) is 58.9 Å². The molecule has 0 aromatic heterocycles. The maximum atomic E-state index is 12.6. The van der Waals surface area contributed by atoms with Crippen LogP contribution in [0.4, 0.5) is 13.2 Å². The molecule has 3 rings (SSSR count). The zero-order valence-electron chi connectivity index (χ0n) is 19.9. The van der Waals surface area contributed by atoms with E-state index in [0.29, 0.717) is 17.9 Å². The number of ether oxygens (including phenoxy) is 2. The molecule has 36 heavy (non-hydrogen) atoms. The van der Waals surface area contributed by atoms with E-state index in [1.807, 2.05) is 0 Å². The molecular formula is C26H29F3N2O5. The van der Waals surface area contributed by atoms with Gasteiger partial charge in [-0.3, -0.25) is 14.4 Å². The largest absolute Gasteiger partial charge is 0.490 e. The topological polar surface area (TPSA) is 93.7 Å². The molecule has 10 heteroatoms. The Morgan fingerprint density at radius 2 is 1.33 bits per heavy atom. The normalized spacial score (nSPS) is 17.7. The van der Waals surface area contributed by atoms with E-state index in [2.05, 4.69) is 10.6 Å². The second-order valence-corrected chi connectivity index (χ2v) is 8.45. The van der Waals surface area contributed by atoms with Gasteiger partial charge in [0, 0.05) is 24.2 Å². The van der Waals surface area contributed by atoms with Gasteiger partial charge in [0.15, 0.2) is 0 Å². The van der Waals surface area contributed by atoms with Crippen molar-refractivity contribution in [3.63, 3.8) is 0 Å². The molecule has 0 unspecified atom stereocenters. The number of benzene rings is 2. The van der Waals surface area contributed by atoms with Gasteiger partial charge in [0.1, 0.15) is 5.75 Å². The summed E-state index contributed by atoms with van der Waals surface area (Å²) in [4.78, 5) is 36.2. The van der Waals surface area contributed by atoms with Gasteiger partial charge in [0.05, 0.1) is 24.2 Å². The maximum Gasteiger partial charge on any atom is 0.416 e. The van der Waals surface area contributed by atoms with Crippen molar-refractivity contribution in [1.29, 1.82) is 0 Å². The first-order valence-electron chi connectivity index (χ1n) is 11.8. The van der Waals surface area contributed by atoms with Gasteiger partial charge in [-0.25, -0.2) is 0 Å². The summed E-state index contributed by atoms with van der Waals surface area (Å²) >= 11 is 0.